The van der Waals surface area contributed by atoms with E-state index in [0.717, 1.165) is 19.8 Å². The number of ether oxygens (including phenoxy) is 1. The molecule has 0 aromatic heterocycles. The minimum absolute atomic E-state index is 0.546. The van der Waals surface area contributed by atoms with Crippen LogP contribution in [0.4, 0.5) is 0 Å². The van der Waals surface area contributed by atoms with E-state index in [2.05, 4.69) is 18.2 Å². The number of hydrogen-bond acceptors (Lipinski definition) is 2. The molecule has 1 fully saturated rings. The highest BCUT2D eigenvalue weighted by molar-refractivity contribution is 5.33. The van der Waals surface area contributed by atoms with Crippen molar-refractivity contribution in [3.63, 3.8) is 0 Å². The van der Waals surface area contributed by atoms with E-state index in [1.165, 1.54) is 61.6 Å². The number of nitrogens with two attached hydrogens (primary N) is 1. The lowest BCUT2D eigenvalue weighted by atomic mass is 9.77. The molecule has 2 N–H and O–H groups in total. The van der Waals surface area contributed by atoms with Crippen LogP contribution in [-0.2, 0) is 24.4 Å². The SMILES string of the molecule is NCCC1(CCc2ccc3c(c2)COC3)CCCC1. The van der Waals surface area contributed by atoms with Gasteiger partial charge in [0.25, 0.3) is 0 Å². The van der Waals surface area contributed by atoms with E-state index in [1.54, 1.807) is 0 Å². The van der Waals surface area contributed by atoms with Gasteiger partial charge in [0.05, 0.1) is 13.2 Å². The molecule has 0 amide bonds. The van der Waals surface area contributed by atoms with Crippen molar-refractivity contribution < 1.29 is 4.74 Å². The number of aryl methyl sites for hydroxylation is 1. The van der Waals surface area contributed by atoms with Crippen molar-refractivity contribution in [2.45, 2.75) is 58.2 Å². The lowest BCUT2D eigenvalue weighted by Gasteiger charge is -2.28. The zero-order valence-corrected chi connectivity index (χ0v) is 11.8. The van der Waals surface area contributed by atoms with Crippen molar-refractivity contribution >= 4 is 0 Å². The fraction of sp³-hybridized carbons (Fsp3) is 0.647. The van der Waals surface area contributed by atoms with Crippen molar-refractivity contribution in [3.8, 4) is 0 Å². The molecule has 1 aliphatic carbocycles. The van der Waals surface area contributed by atoms with Gasteiger partial charge in [0.2, 0.25) is 0 Å². The van der Waals surface area contributed by atoms with Gasteiger partial charge in [-0.05, 0) is 60.8 Å². The molecule has 1 heterocycles. The lowest BCUT2D eigenvalue weighted by molar-refractivity contribution is 0.134. The molecule has 104 valence electrons. The van der Waals surface area contributed by atoms with Crippen LogP contribution in [0.25, 0.3) is 0 Å². The maximum absolute atomic E-state index is 5.82. The molecule has 1 aromatic carbocycles. The first-order valence-electron chi connectivity index (χ1n) is 7.70. The van der Waals surface area contributed by atoms with Gasteiger partial charge in [0, 0.05) is 0 Å². The molecule has 1 aliphatic heterocycles. The van der Waals surface area contributed by atoms with Crippen molar-refractivity contribution in [3.05, 3.63) is 34.9 Å². The fourth-order valence-corrected chi connectivity index (χ4v) is 3.85. The van der Waals surface area contributed by atoms with Crippen molar-refractivity contribution in [2.24, 2.45) is 11.1 Å². The van der Waals surface area contributed by atoms with E-state index in [0.29, 0.717) is 5.41 Å². The van der Waals surface area contributed by atoms with Gasteiger partial charge < -0.3 is 10.5 Å². The molecule has 1 saturated carbocycles. The zero-order valence-electron chi connectivity index (χ0n) is 11.8. The minimum atomic E-state index is 0.546. The summed E-state index contributed by atoms with van der Waals surface area (Å²) in [5, 5.41) is 0. The normalized spacial score (nSPS) is 20.7. The fourth-order valence-electron chi connectivity index (χ4n) is 3.85. The Morgan fingerprint density at radius 1 is 1.05 bits per heavy atom. The van der Waals surface area contributed by atoms with E-state index < -0.39 is 0 Å². The molecular formula is C17H25NO. The first-order chi connectivity index (χ1) is 9.31. The number of benzene rings is 1. The second-order valence-electron chi connectivity index (χ2n) is 6.34. The van der Waals surface area contributed by atoms with Gasteiger partial charge in [0.15, 0.2) is 0 Å². The highest BCUT2D eigenvalue weighted by Gasteiger charge is 2.32. The van der Waals surface area contributed by atoms with Crippen LogP contribution in [0.1, 0.15) is 55.2 Å². The number of rotatable bonds is 5. The van der Waals surface area contributed by atoms with Crippen LogP contribution in [0.2, 0.25) is 0 Å². The first-order valence-corrected chi connectivity index (χ1v) is 7.70. The van der Waals surface area contributed by atoms with Gasteiger partial charge >= 0.3 is 0 Å². The average Bonchev–Trinajstić information content (AvgIpc) is 3.05. The van der Waals surface area contributed by atoms with Crippen molar-refractivity contribution in [1.29, 1.82) is 0 Å². The predicted octanol–water partition coefficient (Wildman–Crippen LogP) is 3.56. The Bertz CT molecular complexity index is 435. The largest absolute Gasteiger partial charge is 0.372 e. The summed E-state index contributed by atoms with van der Waals surface area (Å²) in [6.45, 7) is 2.45. The maximum Gasteiger partial charge on any atom is 0.0725 e. The standard InChI is InChI=1S/C17H25NO/c18-10-9-17(6-1-2-7-17)8-5-14-3-4-15-12-19-13-16(15)11-14/h3-4,11H,1-2,5-10,12-13,18H2. The minimum Gasteiger partial charge on any atom is -0.372 e. The van der Waals surface area contributed by atoms with Gasteiger partial charge in [0.1, 0.15) is 0 Å². The Morgan fingerprint density at radius 2 is 1.84 bits per heavy atom. The monoisotopic (exact) mass is 259 g/mol. The number of fused-ring (bicyclic) bond motifs is 1. The predicted molar refractivity (Wildman–Crippen MR) is 77.8 cm³/mol. The van der Waals surface area contributed by atoms with Gasteiger partial charge in [-0.25, -0.2) is 0 Å². The third-order valence-electron chi connectivity index (χ3n) is 5.07. The zero-order chi connectivity index (χ0) is 13.1. The van der Waals surface area contributed by atoms with Crippen molar-refractivity contribution in [2.75, 3.05) is 6.54 Å². The lowest BCUT2D eigenvalue weighted by Crippen LogP contribution is -2.21. The Kier molecular flexibility index (Phi) is 3.90. The summed E-state index contributed by atoms with van der Waals surface area (Å²) in [7, 11) is 0. The Balaban J connectivity index is 1.65. The molecule has 2 aliphatic rings. The molecular weight excluding hydrogens is 234 g/mol. The Labute approximate surface area is 116 Å². The maximum atomic E-state index is 5.82. The van der Waals surface area contributed by atoms with E-state index >= 15 is 0 Å². The van der Waals surface area contributed by atoms with Crippen LogP contribution in [-0.4, -0.2) is 6.54 Å². The third kappa shape index (κ3) is 2.85. The van der Waals surface area contributed by atoms with Crippen LogP contribution in [0.5, 0.6) is 0 Å². The average molecular weight is 259 g/mol. The molecule has 2 nitrogen and oxygen atoms in total. The summed E-state index contributed by atoms with van der Waals surface area (Å²) >= 11 is 0. The molecule has 0 atom stereocenters. The summed E-state index contributed by atoms with van der Waals surface area (Å²) in [4.78, 5) is 0. The van der Waals surface area contributed by atoms with Crippen LogP contribution >= 0.6 is 0 Å². The molecule has 0 bridgehead atoms. The summed E-state index contributed by atoms with van der Waals surface area (Å²) in [6, 6.07) is 6.90. The van der Waals surface area contributed by atoms with Crippen LogP contribution in [0, 0.1) is 5.41 Å². The van der Waals surface area contributed by atoms with E-state index in [1.807, 2.05) is 0 Å². The van der Waals surface area contributed by atoms with E-state index in [-0.39, 0.29) is 0 Å². The second kappa shape index (κ2) is 5.64. The number of hydrogen-bond donors (Lipinski definition) is 1. The highest BCUT2D eigenvalue weighted by atomic mass is 16.5. The first kappa shape index (κ1) is 13.1. The van der Waals surface area contributed by atoms with Gasteiger partial charge in [-0.1, -0.05) is 31.0 Å². The Hall–Kier alpha value is -0.860. The molecule has 1 aromatic rings. The summed E-state index contributed by atoms with van der Waals surface area (Å²) in [5.74, 6) is 0. The summed E-state index contributed by atoms with van der Waals surface area (Å²) in [6.07, 6.45) is 9.30. The topological polar surface area (TPSA) is 35.2 Å². The molecule has 3 rings (SSSR count). The van der Waals surface area contributed by atoms with Crippen LogP contribution in [0.15, 0.2) is 18.2 Å². The summed E-state index contributed by atoms with van der Waals surface area (Å²) in [5.41, 5.74) is 10.6. The van der Waals surface area contributed by atoms with Crippen molar-refractivity contribution in [1.82, 2.24) is 0 Å². The Morgan fingerprint density at radius 3 is 2.63 bits per heavy atom. The molecule has 2 heteroatoms. The van der Waals surface area contributed by atoms with Gasteiger partial charge in [-0.15, -0.1) is 0 Å². The molecule has 0 radical (unpaired) electrons. The van der Waals surface area contributed by atoms with Crippen LogP contribution < -0.4 is 5.73 Å². The molecule has 0 saturated heterocycles. The molecule has 0 spiro atoms. The highest BCUT2D eigenvalue weighted by Crippen LogP contribution is 2.44. The van der Waals surface area contributed by atoms with Gasteiger partial charge in [-0.3, -0.25) is 0 Å². The molecule has 19 heavy (non-hydrogen) atoms. The van der Waals surface area contributed by atoms with Gasteiger partial charge in [-0.2, -0.15) is 0 Å². The third-order valence-corrected chi connectivity index (χ3v) is 5.07. The van der Waals surface area contributed by atoms with Crippen LogP contribution in [0.3, 0.4) is 0 Å². The summed E-state index contributed by atoms with van der Waals surface area (Å²) < 4.78 is 5.49. The van der Waals surface area contributed by atoms with E-state index in [4.69, 9.17) is 10.5 Å². The second-order valence-corrected chi connectivity index (χ2v) is 6.34. The quantitative estimate of drug-likeness (QED) is 0.877. The molecule has 0 unspecified atom stereocenters. The smallest absolute Gasteiger partial charge is 0.0725 e. The van der Waals surface area contributed by atoms with E-state index in [9.17, 15) is 0 Å².